The smallest absolute Gasteiger partial charge is 0.317 e. The van der Waals surface area contributed by atoms with Gasteiger partial charge in [0.2, 0.25) is 0 Å². The van der Waals surface area contributed by atoms with Crippen LogP contribution in [0.1, 0.15) is 98.5 Å². The average Bonchev–Trinajstić information content (AvgIpc) is 3.36. The molecular formula is C26H36N4O2S. The number of rotatable bonds is 6. The van der Waals surface area contributed by atoms with E-state index in [2.05, 4.69) is 27.6 Å². The summed E-state index contributed by atoms with van der Waals surface area (Å²) in [6.45, 7) is 2.16. The molecule has 1 aromatic rings. The van der Waals surface area contributed by atoms with Crippen molar-refractivity contribution in [3.63, 3.8) is 0 Å². The third-order valence-electron chi connectivity index (χ3n) is 7.33. The van der Waals surface area contributed by atoms with Crippen molar-refractivity contribution < 1.29 is 9.59 Å². The van der Waals surface area contributed by atoms with Gasteiger partial charge in [0.15, 0.2) is 0 Å². The van der Waals surface area contributed by atoms with E-state index >= 15 is 0 Å². The van der Waals surface area contributed by atoms with Crippen molar-refractivity contribution >= 4 is 23.3 Å². The van der Waals surface area contributed by atoms with Crippen LogP contribution >= 0.6 is 11.3 Å². The Labute approximate surface area is 201 Å². The molecule has 6 nitrogen and oxygen atoms in total. The number of piperidine rings is 1. The number of terminal acetylenes is 1. The van der Waals surface area contributed by atoms with Crippen LogP contribution in [0.2, 0.25) is 0 Å². The SMILES string of the molecule is C#CC1(NC(=O)c2csc(C3CCN(C(=O)NCCC4=CCCCC4)CC3)n2)CCCCC1. The van der Waals surface area contributed by atoms with Crippen LogP contribution in [0.25, 0.3) is 0 Å². The molecule has 1 saturated heterocycles. The zero-order valence-electron chi connectivity index (χ0n) is 19.5. The Morgan fingerprint density at radius 3 is 2.67 bits per heavy atom. The van der Waals surface area contributed by atoms with Crippen molar-refractivity contribution in [2.45, 2.75) is 88.5 Å². The van der Waals surface area contributed by atoms with Crippen molar-refractivity contribution in [3.8, 4) is 12.3 Å². The first-order chi connectivity index (χ1) is 16.1. The predicted molar refractivity (Wildman–Crippen MR) is 132 cm³/mol. The van der Waals surface area contributed by atoms with Crippen LogP contribution in [0.5, 0.6) is 0 Å². The fourth-order valence-corrected chi connectivity index (χ4v) is 6.20. The first-order valence-corrected chi connectivity index (χ1v) is 13.4. The van der Waals surface area contributed by atoms with Crippen LogP contribution < -0.4 is 10.6 Å². The number of hydrogen-bond donors (Lipinski definition) is 2. The normalized spacial score (nSPS) is 21.1. The lowest BCUT2D eigenvalue weighted by molar-refractivity contribution is 0.0899. The Morgan fingerprint density at radius 2 is 1.97 bits per heavy atom. The average molecular weight is 469 g/mol. The topological polar surface area (TPSA) is 74.3 Å². The largest absolute Gasteiger partial charge is 0.338 e. The first-order valence-electron chi connectivity index (χ1n) is 12.5. The fraction of sp³-hybridized carbons (Fsp3) is 0.654. The van der Waals surface area contributed by atoms with Gasteiger partial charge in [-0.1, -0.05) is 36.8 Å². The van der Waals surface area contributed by atoms with E-state index in [9.17, 15) is 9.59 Å². The van der Waals surface area contributed by atoms with Gasteiger partial charge in [-0.25, -0.2) is 9.78 Å². The van der Waals surface area contributed by atoms with Crippen molar-refractivity contribution in [2.24, 2.45) is 0 Å². The van der Waals surface area contributed by atoms with Crippen LogP contribution in [0, 0.1) is 12.3 Å². The lowest BCUT2D eigenvalue weighted by Crippen LogP contribution is -2.48. The molecule has 178 valence electrons. The molecule has 2 heterocycles. The maximum atomic E-state index is 12.8. The number of nitrogens with zero attached hydrogens (tertiary/aromatic N) is 2. The summed E-state index contributed by atoms with van der Waals surface area (Å²) in [5, 5.41) is 9.00. The van der Waals surface area contributed by atoms with Crippen LogP contribution in [0.3, 0.4) is 0 Å². The number of carbonyl (C=O) groups excluding carboxylic acids is 2. The summed E-state index contributed by atoms with van der Waals surface area (Å²) in [5.41, 5.74) is 1.43. The van der Waals surface area contributed by atoms with Crippen LogP contribution in [0.4, 0.5) is 4.79 Å². The van der Waals surface area contributed by atoms with Gasteiger partial charge in [0, 0.05) is 30.9 Å². The number of nitrogens with one attached hydrogen (secondary N) is 2. The molecule has 0 atom stereocenters. The summed E-state index contributed by atoms with van der Waals surface area (Å²) in [4.78, 5) is 31.9. The third kappa shape index (κ3) is 6.17. The maximum Gasteiger partial charge on any atom is 0.317 e. The van der Waals surface area contributed by atoms with Gasteiger partial charge in [0.1, 0.15) is 11.2 Å². The zero-order valence-corrected chi connectivity index (χ0v) is 20.4. The first kappa shape index (κ1) is 23.8. The molecule has 1 saturated carbocycles. The minimum atomic E-state index is -0.522. The van der Waals surface area contributed by atoms with E-state index < -0.39 is 5.54 Å². The Bertz CT molecular complexity index is 902. The third-order valence-corrected chi connectivity index (χ3v) is 8.34. The van der Waals surface area contributed by atoms with Crippen molar-refractivity contribution in [2.75, 3.05) is 19.6 Å². The van der Waals surface area contributed by atoms with Gasteiger partial charge in [-0.15, -0.1) is 17.8 Å². The molecule has 2 N–H and O–H groups in total. The maximum absolute atomic E-state index is 12.8. The van der Waals surface area contributed by atoms with E-state index in [0.29, 0.717) is 18.2 Å². The van der Waals surface area contributed by atoms with E-state index in [1.54, 1.807) is 11.3 Å². The molecule has 2 fully saturated rings. The molecule has 3 amide bonds. The molecule has 0 unspecified atom stereocenters. The van der Waals surface area contributed by atoms with Gasteiger partial charge < -0.3 is 15.5 Å². The molecule has 7 heteroatoms. The second kappa shape index (κ2) is 11.2. The Kier molecular flexibility index (Phi) is 8.08. The lowest BCUT2D eigenvalue weighted by atomic mass is 9.82. The second-order valence-electron chi connectivity index (χ2n) is 9.66. The second-order valence-corrected chi connectivity index (χ2v) is 10.6. The number of hydrogen-bond acceptors (Lipinski definition) is 4. The molecular weight excluding hydrogens is 432 g/mol. The summed E-state index contributed by atoms with van der Waals surface area (Å²) >= 11 is 1.54. The summed E-state index contributed by atoms with van der Waals surface area (Å²) in [6, 6.07) is 0.0381. The van der Waals surface area contributed by atoms with E-state index in [1.165, 1.54) is 37.7 Å². The highest BCUT2D eigenvalue weighted by atomic mass is 32.1. The van der Waals surface area contributed by atoms with Crippen molar-refractivity contribution in [1.29, 1.82) is 0 Å². The summed E-state index contributed by atoms with van der Waals surface area (Å²) in [6.07, 6.45) is 20.7. The van der Waals surface area contributed by atoms with E-state index in [1.807, 2.05) is 10.3 Å². The van der Waals surface area contributed by atoms with E-state index in [0.717, 1.165) is 63.0 Å². The highest BCUT2D eigenvalue weighted by Gasteiger charge is 2.33. The summed E-state index contributed by atoms with van der Waals surface area (Å²) < 4.78 is 0. The molecule has 2 aliphatic carbocycles. The van der Waals surface area contributed by atoms with Crippen molar-refractivity contribution in [1.82, 2.24) is 20.5 Å². The number of amides is 3. The van der Waals surface area contributed by atoms with Crippen molar-refractivity contribution in [3.05, 3.63) is 27.7 Å². The van der Waals surface area contributed by atoms with Gasteiger partial charge in [0.25, 0.3) is 5.91 Å². The number of carbonyl (C=O) groups is 2. The molecule has 0 aromatic carbocycles. The molecule has 4 rings (SSSR count). The monoisotopic (exact) mass is 468 g/mol. The van der Waals surface area contributed by atoms with Crippen LogP contribution in [0.15, 0.2) is 17.0 Å². The van der Waals surface area contributed by atoms with Gasteiger partial charge in [0.05, 0.1) is 5.01 Å². The summed E-state index contributed by atoms with van der Waals surface area (Å²) in [5.74, 6) is 2.96. The molecule has 1 aromatic heterocycles. The number of likely N-dealkylation sites (tertiary alicyclic amines) is 1. The highest BCUT2D eigenvalue weighted by molar-refractivity contribution is 7.09. The number of urea groups is 1. The van der Waals surface area contributed by atoms with E-state index in [-0.39, 0.29) is 11.9 Å². The molecule has 33 heavy (non-hydrogen) atoms. The Balaban J connectivity index is 1.23. The quantitative estimate of drug-likeness (QED) is 0.456. The van der Waals surface area contributed by atoms with Gasteiger partial charge >= 0.3 is 6.03 Å². The molecule has 1 aliphatic heterocycles. The molecule has 0 radical (unpaired) electrons. The molecule has 0 spiro atoms. The predicted octanol–water partition coefficient (Wildman–Crippen LogP) is 4.99. The number of thiazole rings is 1. The molecule has 3 aliphatic rings. The van der Waals surface area contributed by atoms with E-state index in [4.69, 9.17) is 6.42 Å². The van der Waals surface area contributed by atoms with Gasteiger partial charge in [-0.05, 0) is 57.8 Å². The highest BCUT2D eigenvalue weighted by Crippen LogP contribution is 2.31. The van der Waals surface area contributed by atoms with Gasteiger partial charge in [-0.2, -0.15) is 0 Å². The van der Waals surface area contributed by atoms with Crippen LogP contribution in [-0.2, 0) is 0 Å². The van der Waals surface area contributed by atoms with Gasteiger partial charge in [-0.3, -0.25) is 4.79 Å². The standard InChI is InChI=1S/C26H36N4O2S/c1-2-26(14-7-4-8-15-26)29-23(31)22-19-33-24(28-22)21-12-17-30(18-13-21)25(32)27-16-11-20-9-5-3-6-10-20/h1,9,19,21H,3-8,10-18H2,(H,27,32)(H,29,31). The number of aromatic nitrogens is 1. The zero-order chi connectivity index (χ0) is 23.1. The fourth-order valence-electron chi connectivity index (χ4n) is 5.22. The minimum Gasteiger partial charge on any atom is -0.338 e. The Morgan fingerprint density at radius 1 is 1.18 bits per heavy atom. The Hall–Kier alpha value is -2.33. The summed E-state index contributed by atoms with van der Waals surface area (Å²) in [7, 11) is 0. The minimum absolute atomic E-state index is 0.0381. The number of allylic oxidation sites excluding steroid dienone is 1. The van der Waals surface area contributed by atoms with Crippen LogP contribution in [-0.4, -0.2) is 47.0 Å². The lowest BCUT2D eigenvalue weighted by Gasteiger charge is -2.33. The molecule has 0 bridgehead atoms.